The summed E-state index contributed by atoms with van der Waals surface area (Å²) in [4.78, 5) is 12.0. The molecular formula is C15H24N2O3. The molecule has 5 heteroatoms. The van der Waals surface area contributed by atoms with Gasteiger partial charge in [-0.2, -0.15) is 0 Å². The van der Waals surface area contributed by atoms with Crippen LogP contribution in [-0.2, 0) is 9.53 Å². The number of rotatable bonds is 7. The Bertz CT molecular complexity index is 431. The van der Waals surface area contributed by atoms with Gasteiger partial charge in [0.25, 0.3) is 5.91 Å². The zero-order valence-electron chi connectivity index (χ0n) is 12.6. The van der Waals surface area contributed by atoms with Gasteiger partial charge in [-0.25, -0.2) is 0 Å². The molecule has 0 saturated heterocycles. The minimum Gasteiger partial charge on any atom is -0.491 e. The predicted molar refractivity (Wildman–Crippen MR) is 78.6 cm³/mol. The van der Waals surface area contributed by atoms with Crippen molar-refractivity contribution < 1.29 is 14.3 Å². The third-order valence-electron chi connectivity index (χ3n) is 2.90. The molecule has 2 atom stereocenters. The third-order valence-corrected chi connectivity index (χ3v) is 2.90. The van der Waals surface area contributed by atoms with E-state index < -0.39 is 6.10 Å². The molecular weight excluding hydrogens is 256 g/mol. The van der Waals surface area contributed by atoms with Crippen molar-refractivity contribution >= 4 is 5.91 Å². The maximum atomic E-state index is 12.0. The summed E-state index contributed by atoms with van der Waals surface area (Å²) in [5.41, 5.74) is 6.42. The van der Waals surface area contributed by atoms with Gasteiger partial charge in [0.2, 0.25) is 0 Å². The number of nitrogens with one attached hydrogen (secondary N) is 1. The predicted octanol–water partition coefficient (Wildman–Crippen LogP) is 1.62. The van der Waals surface area contributed by atoms with E-state index >= 15 is 0 Å². The molecule has 0 aliphatic carbocycles. The summed E-state index contributed by atoms with van der Waals surface area (Å²) in [6.45, 7) is 5.99. The van der Waals surface area contributed by atoms with Crippen LogP contribution in [0.3, 0.4) is 0 Å². The summed E-state index contributed by atoms with van der Waals surface area (Å²) >= 11 is 0. The van der Waals surface area contributed by atoms with Crippen LogP contribution in [0.25, 0.3) is 0 Å². The summed E-state index contributed by atoms with van der Waals surface area (Å²) in [6, 6.07) is 7.48. The summed E-state index contributed by atoms with van der Waals surface area (Å²) in [5.74, 6) is 0.555. The van der Waals surface area contributed by atoms with Crippen molar-refractivity contribution in [3.8, 4) is 5.75 Å². The van der Waals surface area contributed by atoms with Gasteiger partial charge in [-0.05, 0) is 26.8 Å². The Labute approximate surface area is 120 Å². The van der Waals surface area contributed by atoms with E-state index in [1.807, 2.05) is 45.0 Å². The number of carbonyl (C=O) groups excluding carboxylic acids is 1. The van der Waals surface area contributed by atoms with Gasteiger partial charge in [0, 0.05) is 19.2 Å². The lowest BCUT2D eigenvalue weighted by Crippen LogP contribution is -2.41. The Balaban J connectivity index is 2.81. The lowest BCUT2D eigenvalue weighted by Gasteiger charge is -2.21. The molecule has 0 aliphatic rings. The number of carbonyl (C=O) groups is 1. The lowest BCUT2D eigenvalue weighted by atomic mass is 10.1. The van der Waals surface area contributed by atoms with Gasteiger partial charge in [-0.3, -0.25) is 4.79 Å². The maximum Gasteiger partial charge on any atom is 0.250 e. The minimum atomic E-state index is -0.629. The molecule has 3 N–H and O–H groups in total. The van der Waals surface area contributed by atoms with Gasteiger partial charge in [0.15, 0.2) is 0 Å². The first kappa shape index (κ1) is 16.5. The second-order valence-electron chi connectivity index (χ2n) is 4.89. The van der Waals surface area contributed by atoms with Crippen molar-refractivity contribution in [1.82, 2.24) is 5.32 Å². The maximum absolute atomic E-state index is 12.0. The second-order valence-corrected chi connectivity index (χ2v) is 4.89. The van der Waals surface area contributed by atoms with Crippen molar-refractivity contribution in [1.29, 1.82) is 0 Å². The van der Waals surface area contributed by atoms with Crippen molar-refractivity contribution in [3.05, 3.63) is 29.8 Å². The average molecular weight is 280 g/mol. The highest BCUT2D eigenvalue weighted by atomic mass is 16.5. The van der Waals surface area contributed by atoms with Crippen LogP contribution < -0.4 is 15.8 Å². The van der Waals surface area contributed by atoms with Crippen LogP contribution in [0.4, 0.5) is 0 Å². The fourth-order valence-electron chi connectivity index (χ4n) is 1.89. The summed E-state index contributed by atoms with van der Waals surface area (Å²) in [6.07, 6.45) is -0.551. The van der Waals surface area contributed by atoms with Gasteiger partial charge < -0.3 is 20.5 Å². The monoisotopic (exact) mass is 280 g/mol. The Hall–Kier alpha value is -1.59. The number of methoxy groups -OCH3 is 1. The van der Waals surface area contributed by atoms with Crippen molar-refractivity contribution in [2.24, 2.45) is 5.73 Å². The van der Waals surface area contributed by atoms with Crippen molar-refractivity contribution in [2.75, 3.05) is 13.7 Å². The zero-order valence-corrected chi connectivity index (χ0v) is 12.6. The topological polar surface area (TPSA) is 73.6 Å². The van der Waals surface area contributed by atoms with Crippen LogP contribution in [0, 0.1) is 0 Å². The van der Waals surface area contributed by atoms with Crippen LogP contribution in [0.1, 0.15) is 32.4 Å². The zero-order chi connectivity index (χ0) is 15.1. The Morgan fingerprint density at radius 1 is 1.30 bits per heavy atom. The smallest absolute Gasteiger partial charge is 0.250 e. The molecule has 5 nitrogen and oxygen atoms in total. The van der Waals surface area contributed by atoms with Crippen LogP contribution in [0.5, 0.6) is 5.75 Å². The minimum absolute atomic E-state index is 0.0785. The Kier molecular flexibility index (Phi) is 6.48. The van der Waals surface area contributed by atoms with Crippen LogP contribution in [0.2, 0.25) is 0 Å². The first-order chi connectivity index (χ1) is 9.49. The number of amides is 1. The van der Waals surface area contributed by atoms with Crippen LogP contribution in [0.15, 0.2) is 24.3 Å². The molecule has 0 heterocycles. The first-order valence-electron chi connectivity index (χ1n) is 6.78. The molecule has 20 heavy (non-hydrogen) atoms. The molecule has 1 aromatic carbocycles. The third kappa shape index (κ3) is 4.51. The molecule has 2 unspecified atom stereocenters. The van der Waals surface area contributed by atoms with E-state index in [9.17, 15) is 4.79 Å². The van der Waals surface area contributed by atoms with E-state index in [0.29, 0.717) is 0 Å². The fraction of sp³-hybridized carbons (Fsp3) is 0.533. The molecule has 0 fully saturated rings. The van der Waals surface area contributed by atoms with Crippen molar-refractivity contribution in [2.45, 2.75) is 39.0 Å². The molecule has 0 aromatic heterocycles. The highest BCUT2D eigenvalue weighted by molar-refractivity contribution is 5.81. The largest absolute Gasteiger partial charge is 0.491 e. The standard InChI is InChI=1S/C15H24N2O3/c1-10(2)20-13-8-6-5-7-12(13)11(3)17-15(18)14(9-16)19-4/h5-8,10-11,14H,9,16H2,1-4H3,(H,17,18). The van der Waals surface area contributed by atoms with Crippen LogP contribution >= 0.6 is 0 Å². The van der Waals surface area contributed by atoms with Gasteiger partial charge >= 0.3 is 0 Å². The van der Waals surface area contributed by atoms with E-state index in [1.165, 1.54) is 7.11 Å². The van der Waals surface area contributed by atoms with Gasteiger partial charge in [-0.15, -0.1) is 0 Å². The number of nitrogens with two attached hydrogens (primary N) is 1. The van der Waals surface area contributed by atoms with Crippen molar-refractivity contribution in [3.63, 3.8) is 0 Å². The highest BCUT2D eigenvalue weighted by Gasteiger charge is 2.20. The summed E-state index contributed by atoms with van der Waals surface area (Å²) < 4.78 is 10.8. The van der Waals surface area contributed by atoms with Crippen LogP contribution in [-0.4, -0.2) is 31.8 Å². The molecule has 1 amide bonds. The normalized spacial score (nSPS) is 13.9. The number of para-hydroxylation sites is 1. The van der Waals surface area contributed by atoms with Gasteiger partial charge in [0.05, 0.1) is 12.1 Å². The lowest BCUT2D eigenvalue weighted by molar-refractivity contribution is -0.131. The van der Waals surface area contributed by atoms with E-state index in [2.05, 4.69) is 5.32 Å². The SMILES string of the molecule is COC(CN)C(=O)NC(C)c1ccccc1OC(C)C. The van der Waals surface area contributed by atoms with Gasteiger partial charge in [0.1, 0.15) is 11.9 Å². The van der Waals surface area contributed by atoms with E-state index in [1.54, 1.807) is 0 Å². The highest BCUT2D eigenvalue weighted by Crippen LogP contribution is 2.25. The molecule has 0 aliphatic heterocycles. The molecule has 112 valence electrons. The molecule has 0 saturated carbocycles. The molecule has 0 spiro atoms. The number of benzene rings is 1. The average Bonchev–Trinajstić information content (AvgIpc) is 2.39. The molecule has 0 radical (unpaired) electrons. The second kappa shape index (κ2) is 7.87. The van der Waals surface area contributed by atoms with E-state index in [0.717, 1.165) is 11.3 Å². The molecule has 0 bridgehead atoms. The summed E-state index contributed by atoms with van der Waals surface area (Å²) in [5, 5.41) is 2.89. The Morgan fingerprint density at radius 3 is 2.50 bits per heavy atom. The molecule has 1 rings (SSSR count). The quantitative estimate of drug-likeness (QED) is 0.796. The van der Waals surface area contributed by atoms with Gasteiger partial charge in [-0.1, -0.05) is 18.2 Å². The molecule has 1 aromatic rings. The summed E-state index contributed by atoms with van der Waals surface area (Å²) in [7, 11) is 1.47. The number of ether oxygens (including phenoxy) is 2. The first-order valence-corrected chi connectivity index (χ1v) is 6.78. The van der Waals surface area contributed by atoms with E-state index in [-0.39, 0.29) is 24.6 Å². The number of hydrogen-bond acceptors (Lipinski definition) is 4. The number of hydrogen-bond donors (Lipinski definition) is 2. The fourth-order valence-corrected chi connectivity index (χ4v) is 1.89. The Morgan fingerprint density at radius 2 is 1.95 bits per heavy atom. The van der Waals surface area contributed by atoms with E-state index in [4.69, 9.17) is 15.2 Å².